The lowest BCUT2D eigenvalue weighted by Gasteiger charge is -2.02. The predicted octanol–water partition coefficient (Wildman–Crippen LogP) is 1.18. The quantitative estimate of drug-likeness (QED) is 0.555. The number of rotatable bonds is 1. The molecule has 4 nitrogen and oxygen atoms in total. The second-order valence-corrected chi connectivity index (χ2v) is 4.43. The summed E-state index contributed by atoms with van der Waals surface area (Å²) in [7, 11) is 0. The van der Waals surface area contributed by atoms with E-state index in [1.54, 1.807) is 6.20 Å². The molecule has 1 amide bonds. The van der Waals surface area contributed by atoms with E-state index >= 15 is 0 Å². The van der Waals surface area contributed by atoms with E-state index < -0.39 is 0 Å². The minimum Gasteiger partial charge on any atom is -0.310 e. The Morgan fingerprint density at radius 1 is 1.57 bits per heavy atom. The van der Waals surface area contributed by atoms with Crippen LogP contribution in [0.15, 0.2) is 11.4 Å². The maximum Gasteiger partial charge on any atom is 0.236 e. The molecule has 72 valence electrons. The van der Waals surface area contributed by atoms with Crippen LogP contribution in [0.2, 0.25) is 0 Å². The number of fused-ring (bicyclic) bond motifs is 2. The third kappa shape index (κ3) is 0.877. The normalized spacial score (nSPS) is 20.8. The topological polar surface area (TPSA) is 54.9 Å². The first-order chi connectivity index (χ1) is 6.76. The van der Waals surface area contributed by atoms with Crippen LogP contribution in [0, 0.1) is 0 Å². The molecule has 1 saturated carbocycles. The van der Waals surface area contributed by atoms with Crippen LogP contribution in [0.25, 0.3) is 0 Å². The van der Waals surface area contributed by atoms with Crippen LogP contribution in [0.4, 0.5) is 5.82 Å². The monoisotopic (exact) mass is 207 g/mol. The van der Waals surface area contributed by atoms with Gasteiger partial charge in [0.25, 0.3) is 0 Å². The predicted molar refractivity (Wildman–Crippen MR) is 53.4 cm³/mol. The van der Waals surface area contributed by atoms with E-state index in [0.717, 1.165) is 18.4 Å². The lowest BCUT2D eigenvalue weighted by atomic mass is 10.0. The molecule has 0 radical (unpaired) electrons. The summed E-state index contributed by atoms with van der Waals surface area (Å²) in [6.45, 7) is 0. The summed E-state index contributed by atoms with van der Waals surface area (Å²) < 4.78 is 0. The van der Waals surface area contributed by atoms with Gasteiger partial charge in [-0.1, -0.05) is 11.8 Å². The van der Waals surface area contributed by atoms with Gasteiger partial charge >= 0.3 is 0 Å². The van der Waals surface area contributed by atoms with E-state index in [0.29, 0.717) is 11.0 Å². The molecule has 1 fully saturated rings. The maximum absolute atomic E-state index is 11.6. The van der Waals surface area contributed by atoms with Crippen LogP contribution in [0.3, 0.4) is 0 Å². The van der Waals surface area contributed by atoms with Crippen molar-refractivity contribution >= 4 is 23.5 Å². The first-order valence-corrected chi connectivity index (χ1v) is 5.72. The van der Waals surface area contributed by atoms with Gasteiger partial charge in [0.2, 0.25) is 5.91 Å². The Morgan fingerprint density at radius 2 is 2.36 bits per heavy atom. The summed E-state index contributed by atoms with van der Waals surface area (Å²) in [6.07, 6.45) is 5.59. The van der Waals surface area contributed by atoms with E-state index in [1.807, 2.05) is 6.26 Å². The summed E-state index contributed by atoms with van der Waals surface area (Å²) in [6, 6.07) is 0. The number of nitrogens with one attached hydrogen (secondary N) is 1. The number of carbonyl (C=O) groups is 1. The molecule has 1 aromatic rings. The van der Waals surface area contributed by atoms with E-state index in [2.05, 4.69) is 15.3 Å². The third-order valence-electron chi connectivity index (χ3n) is 2.88. The van der Waals surface area contributed by atoms with Crippen molar-refractivity contribution in [3.8, 4) is 0 Å². The highest BCUT2D eigenvalue weighted by molar-refractivity contribution is 7.98. The Bertz CT molecular complexity index is 428. The van der Waals surface area contributed by atoms with Gasteiger partial charge in [-0.25, -0.2) is 9.97 Å². The summed E-state index contributed by atoms with van der Waals surface area (Å²) in [5.74, 6) is 0.812. The van der Waals surface area contributed by atoms with Crippen LogP contribution >= 0.6 is 11.8 Å². The Morgan fingerprint density at radius 3 is 3.00 bits per heavy atom. The first kappa shape index (κ1) is 8.23. The standard InChI is InChI=1S/C9H9N3OS/c1-14-8-10-4-5-6(12-8)11-7(13)9(5)2-3-9/h4H,2-3H2,1H3,(H,10,11,12,13). The Kier molecular flexibility index (Phi) is 1.45. The lowest BCUT2D eigenvalue weighted by Crippen LogP contribution is -2.18. The molecule has 1 aliphatic heterocycles. The van der Waals surface area contributed by atoms with E-state index in [-0.39, 0.29) is 11.3 Å². The Balaban J connectivity index is 2.14. The molecule has 1 spiro atoms. The molecular weight excluding hydrogens is 198 g/mol. The molecule has 1 aliphatic carbocycles. The molecule has 5 heteroatoms. The van der Waals surface area contributed by atoms with Gasteiger partial charge in [-0.2, -0.15) is 0 Å². The van der Waals surface area contributed by atoms with Crippen molar-refractivity contribution < 1.29 is 4.79 Å². The number of amides is 1. The van der Waals surface area contributed by atoms with Crippen molar-refractivity contribution in [3.63, 3.8) is 0 Å². The number of hydrogen-bond acceptors (Lipinski definition) is 4. The van der Waals surface area contributed by atoms with Crippen LogP contribution in [-0.4, -0.2) is 22.1 Å². The zero-order valence-electron chi connectivity index (χ0n) is 7.70. The van der Waals surface area contributed by atoms with Gasteiger partial charge in [0.05, 0.1) is 5.41 Å². The van der Waals surface area contributed by atoms with Crippen LogP contribution < -0.4 is 5.32 Å². The molecule has 0 aromatic carbocycles. The summed E-state index contributed by atoms with van der Waals surface area (Å²) in [5.41, 5.74) is 0.729. The zero-order valence-corrected chi connectivity index (χ0v) is 8.52. The smallest absolute Gasteiger partial charge is 0.236 e. The SMILES string of the molecule is CSc1ncc2c(n1)NC(=O)C21CC1. The van der Waals surface area contributed by atoms with Crippen molar-refractivity contribution in [1.82, 2.24) is 9.97 Å². The molecule has 0 saturated heterocycles. The molecule has 1 aromatic heterocycles. The minimum atomic E-state index is -0.258. The van der Waals surface area contributed by atoms with Crippen molar-refractivity contribution in [3.05, 3.63) is 11.8 Å². The highest BCUT2D eigenvalue weighted by Gasteiger charge is 2.57. The zero-order chi connectivity index (χ0) is 9.76. The molecule has 0 unspecified atom stereocenters. The summed E-state index contributed by atoms with van der Waals surface area (Å²) in [4.78, 5) is 20.1. The molecule has 2 aliphatic rings. The van der Waals surface area contributed by atoms with E-state index in [1.165, 1.54) is 11.8 Å². The molecule has 14 heavy (non-hydrogen) atoms. The third-order valence-corrected chi connectivity index (χ3v) is 3.44. The number of thioether (sulfide) groups is 1. The fourth-order valence-corrected chi connectivity index (χ4v) is 2.22. The molecule has 1 N–H and O–H groups in total. The number of hydrogen-bond donors (Lipinski definition) is 1. The average molecular weight is 207 g/mol. The van der Waals surface area contributed by atoms with Gasteiger partial charge in [-0.15, -0.1) is 0 Å². The second-order valence-electron chi connectivity index (χ2n) is 3.66. The second kappa shape index (κ2) is 2.48. The molecule has 2 heterocycles. The van der Waals surface area contributed by atoms with Gasteiger partial charge in [0, 0.05) is 11.8 Å². The number of anilines is 1. The average Bonchev–Trinajstić information content (AvgIpc) is 2.93. The fraction of sp³-hybridized carbons (Fsp3) is 0.444. The Hall–Kier alpha value is -1.10. The lowest BCUT2D eigenvalue weighted by molar-refractivity contribution is -0.117. The van der Waals surface area contributed by atoms with E-state index in [4.69, 9.17) is 0 Å². The largest absolute Gasteiger partial charge is 0.310 e. The van der Waals surface area contributed by atoms with Crippen molar-refractivity contribution in [2.24, 2.45) is 0 Å². The summed E-state index contributed by atoms with van der Waals surface area (Å²) in [5, 5.41) is 3.53. The van der Waals surface area contributed by atoms with Crippen molar-refractivity contribution in [2.75, 3.05) is 11.6 Å². The minimum absolute atomic E-state index is 0.0973. The van der Waals surface area contributed by atoms with E-state index in [9.17, 15) is 4.79 Å². The number of aromatic nitrogens is 2. The first-order valence-electron chi connectivity index (χ1n) is 4.49. The van der Waals surface area contributed by atoms with Crippen LogP contribution in [-0.2, 0) is 10.2 Å². The highest BCUT2D eigenvalue weighted by atomic mass is 32.2. The number of nitrogens with zero attached hydrogens (tertiary/aromatic N) is 2. The van der Waals surface area contributed by atoms with Crippen LogP contribution in [0.5, 0.6) is 0 Å². The van der Waals surface area contributed by atoms with Crippen molar-refractivity contribution in [2.45, 2.75) is 23.4 Å². The Labute approximate surface area is 85.5 Å². The molecule has 0 atom stereocenters. The van der Waals surface area contributed by atoms with Gasteiger partial charge < -0.3 is 5.32 Å². The molecular formula is C9H9N3OS. The fourth-order valence-electron chi connectivity index (χ4n) is 1.88. The highest BCUT2D eigenvalue weighted by Crippen LogP contribution is 2.54. The van der Waals surface area contributed by atoms with Crippen molar-refractivity contribution in [1.29, 1.82) is 0 Å². The van der Waals surface area contributed by atoms with Gasteiger partial charge in [0.1, 0.15) is 5.82 Å². The number of carbonyl (C=O) groups excluding carboxylic acids is 1. The van der Waals surface area contributed by atoms with Gasteiger partial charge in [-0.05, 0) is 19.1 Å². The van der Waals surface area contributed by atoms with Crippen LogP contribution in [0.1, 0.15) is 18.4 Å². The molecule has 0 bridgehead atoms. The van der Waals surface area contributed by atoms with Gasteiger partial charge in [0.15, 0.2) is 5.16 Å². The van der Waals surface area contributed by atoms with Gasteiger partial charge in [-0.3, -0.25) is 4.79 Å². The molecule has 3 rings (SSSR count). The maximum atomic E-state index is 11.6. The summed E-state index contributed by atoms with van der Waals surface area (Å²) >= 11 is 1.48.